The van der Waals surface area contributed by atoms with Crippen LogP contribution in [0.3, 0.4) is 0 Å². The van der Waals surface area contributed by atoms with Crippen LogP contribution in [0.5, 0.6) is 5.75 Å². The van der Waals surface area contributed by atoms with Crippen LogP contribution in [-0.2, 0) is 9.53 Å². The summed E-state index contributed by atoms with van der Waals surface area (Å²) >= 11 is 1.51. The molecule has 0 aliphatic carbocycles. The van der Waals surface area contributed by atoms with Crippen molar-refractivity contribution in [2.45, 2.75) is 23.1 Å². The highest BCUT2D eigenvalue weighted by Gasteiger charge is 2.25. The summed E-state index contributed by atoms with van der Waals surface area (Å²) in [5.41, 5.74) is 2.34. The maximum Gasteiger partial charge on any atom is 0.251 e. The molecule has 7 nitrogen and oxygen atoms in total. The molecule has 31 heavy (non-hydrogen) atoms. The van der Waals surface area contributed by atoms with Crippen LogP contribution in [0.25, 0.3) is 0 Å². The first-order valence-electron chi connectivity index (χ1n) is 10.4. The number of nitrogens with zero attached hydrogens (tertiary/aromatic N) is 1. The van der Waals surface area contributed by atoms with E-state index < -0.39 is 0 Å². The van der Waals surface area contributed by atoms with E-state index in [-0.39, 0.29) is 23.1 Å². The molecule has 1 saturated heterocycles. The number of anilines is 1. The average Bonchev–Trinajstić information content (AvgIpc) is 2.80. The minimum absolute atomic E-state index is 0.0347. The van der Waals surface area contributed by atoms with Gasteiger partial charge in [0.15, 0.2) is 0 Å². The summed E-state index contributed by atoms with van der Waals surface area (Å²) in [4.78, 5) is 28.2. The van der Waals surface area contributed by atoms with Crippen molar-refractivity contribution in [3.05, 3.63) is 53.6 Å². The van der Waals surface area contributed by atoms with E-state index in [1.165, 1.54) is 11.8 Å². The summed E-state index contributed by atoms with van der Waals surface area (Å²) in [6.07, 6.45) is 0. The number of thioether (sulfide) groups is 1. The molecule has 0 unspecified atom stereocenters. The SMILES string of the molecule is COc1ccc([C@@H](CNC(=O)c2ccc3c(c2)NC(=O)[C@H](C)S3)N2CCOCC2)cc1. The van der Waals surface area contributed by atoms with Crippen molar-refractivity contribution in [1.29, 1.82) is 0 Å². The summed E-state index contributed by atoms with van der Waals surface area (Å²) in [5, 5.41) is 5.83. The van der Waals surface area contributed by atoms with Crippen molar-refractivity contribution in [3.63, 3.8) is 0 Å². The van der Waals surface area contributed by atoms with Crippen LogP contribution < -0.4 is 15.4 Å². The van der Waals surface area contributed by atoms with Gasteiger partial charge >= 0.3 is 0 Å². The Morgan fingerprint density at radius 2 is 2.00 bits per heavy atom. The predicted molar refractivity (Wildman–Crippen MR) is 121 cm³/mol. The van der Waals surface area contributed by atoms with Crippen LogP contribution in [0.1, 0.15) is 28.9 Å². The number of rotatable bonds is 6. The van der Waals surface area contributed by atoms with Crippen LogP contribution in [-0.4, -0.2) is 61.9 Å². The van der Waals surface area contributed by atoms with E-state index in [4.69, 9.17) is 9.47 Å². The van der Waals surface area contributed by atoms with Gasteiger partial charge in [-0.1, -0.05) is 12.1 Å². The standard InChI is InChI=1S/C23H27N3O4S/c1-15-22(27)25-19-13-17(5-8-21(19)31-15)23(28)24-14-20(26-9-11-30-12-10-26)16-3-6-18(29-2)7-4-16/h3-8,13,15,20H,9-12,14H2,1-2H3,(H,24,28)(H,25,27)/t15-,20+/m0/s1. The zero-order valence-corrected chi connectivity index (χ0v) is 18.5. The van der Waals surface area contributed by atoms with Crippen molar-refractivity contribution in [1.82, 2.24) is 10.2 Å². The van der Waals surface area contributed by atoms with Crippen LogP contribution in [0.2, 0.25) is 0 Å². The molecule has 0 bridgehead atoms. The molecule has 2 heterocycles. The van der Waals surface area contributed by atoms with Gasteiger partial charge < -0.3 is 20.1 Å². The van der Waals surface area contributed by atoms with Gasteiger partial charge in [0.2, 0.25) is 5.91 Å². The van der Waals surface area contributed by atoms with Crippen molar-refractivity contribution in [2.24, 2.45) is 0 Å². The first kappa shape index (κ1) is 21.7. The number of ether oxygens (including phenoxy) is 2. The van der Waals surface area contributed by atoms with Crippen LogP contribution in [0, 0.1) is 0 Å². The summed E-state index contributed by atoms with van der Waals surface area (Å²) in [7, 11) is 1.65. The number of amides is 2. The lowest BCUT2D eigenvalue weighted by Crippen LogP contribution is -2.43. The summed E-state index contributed by atoms with van der Waals surface area (Å²) < 4.78 is 10.8. The van der Waals surface area contributed by atoms with Crippen molar-refractivity contribution in [3.8, 4) is 5.75 Å². The van der Waals surface area contributed by atoms with E-state index in [1.54, 1.807) is 13.2 Å². The topological polar surface area (TPSA) is 79.9 Å². The molecule has 2 amide bonds. The molecule has 0 radical (unpaired) electrons. The summed E-state index contributed by atoms with van der Waals surface area (Å²) in [6, 6.07) is 13.4. The van der Waals surface area contributed by atoms with Crippen LogP contribution in [0.4, 0.5) is 5.69 Å². The Hall–Kier alpha value is -2.55. The fourth-order valence-corrected chi connectivity index (χ4v) is 4.74. The molecule has 0 spiro atoms. The van der Waals surface area contributed by atoms with Gasteiger partial charge in [0.05, 0.1) is 37.3 Å². The Bertz CT molecular complexity index is 944. The smallest absolute Gasteiger partial charge is 0.251 e. The third-order valence-electron chi connectivity index (χ3n) is 5.62. The summed E-state index contributed by atoms with van der Waals surface area (Å²) in [6.45, 7) is 5.33. The molecule has 2 atom stereocenters. The van der Waals surface area contributed by atoms with Crippen molar-refractivity contribution >= 4 is 29.3 Å². The fourth-order valence-electron chi connectivity index (χ4n) is 3.81. The van der Waals surface area contributed by atoms with E-state index in [0.29, 0.717) is 31.0 Å². The first-order valence-corrected chi connectivity index (χ1v) is 11.3. The number of nitrogens with one attached hydrogen (secondary N) is 2. The molecule has 2 aromatic rings. The van der Waals surface area contributed by atoms with E-state index in [0.717, 1.165) is 29.3 Å². The van der Waals surface area contributed by atoms with Gasteiger partial charge in [-0.25, -0.2) is 0 Å². The number of hydrogen-bond donors (Lipinski definition) is 2. The number of benzene rings is 2. The Labute approximate surface area is 186 Å². The van der Waals surface area contributed by atoms with Crippen LogP contribution in [0.15, 0.2) is 47.4 Å². The van der Waals surface area contributed by atoms with Gasteiger partial charge in [0.25, 0.3) is 5.91 Å². The molecule has 164 valence electrons. The maximum absolute atomic E-state index is 12.9. The molecule has 2 aromatic carbocycles. The molecular weight excluding hydrogens is 414 g/mol. The molecule has 0 aromatic heterocycles. The van der Waals surface area contributed by atoms with Gasteiger partial charge in [-0.3, -0.25) is 14.5 Å². The minimum atomic E-state index is -0.160. The van der Waals surface area contributed by atoms with E-state index in [2.05, 4.69) is 15.5 Å². The Kier molecular flexibility index (Phi) is 6.80. The van der Waals surface area contributed by atoms with Gasteiger partial charge in [0, 0.05) is 30.1 Å². The normalized spacial score (nSPS) is 19.8. The molecule has 2 aliphatic rings. The largest absolute Gasteiger partial charge is 0.497 e. The number of carbonyl (C=O) groups is 2. The zero-order valence-electron chi connectivity index (χ0n) is 17.7. The van der Waals surface area contributed by atoms with Gasteiger partial charge in [0.1, 0.15) is 5.75 Å². The highest BCUT2D eigenvalue weighted by Crippen LogP contribution is 2.36. The van der Waals surface area contributed by atoms with Crippen LogP contribution >= 0.6 is 11.8 Å². The van der Waals surface area contributed by atoms with E-state index in [9.17, 15) is 9.59 Å². The maximum atomic E-state index is 12.9. The monoisotopic (exact) mass is 441 g/mol. The first-order chi connectivity index (χ1) is 15.0. The Morgan fingerprint density at radius 1 is 1.26 bits per heavy atom. The second kappa shape index (κ2) is 9.72. The minimum Gasteiger partial charge on any atom is -0.497 e. The van der Waals surface area contributed by atoms with Gasteiger partial charge in [-0.05, 0) is 42.8 Å². The van der Waals surface area contributed by atoms with E-state index in [1.807, 2.05) is 43.3 Å². The molecule has 0 saturated carbocycles. The van der Waals surface area contributed by atoms with Gasteiger partial charge in [-0.15, -0.1) is 11.8 Å². The fraction of sp³-hybridized carbons (Fsp3) is 0.391. The number of carbonyl (C=O) groups excluding carboxylic acids is 2. The molecule has 2 aliphatic heterocycles. The third kappa shape index (κ3) is 5.03. The Morgan fingerprint density at radius 3 is 2.71 bits per heavy atom. The van der Waals surface area contributed by atoms with Gasteiger partial charge in [-0.2, -0.15) is 0 Å². The highest BCUT2D eigenvalue weighted by molar-refractivity contribution is 8.00. The molecule has 8 heteroatoms. The molecular formula is C23H27N3O4S. The quantitative estimate of drug-likeness (QED) is 0.718. The number of fused-ring (bicyclic) bond motifs is 1. The predicted octanol–water partition coefficient (Wildman–Crippen LogP) is 2.93. The average molecular weight is 442 g/mol. The molecule has 4 rings (SSSR count). The summed E-state index contributed by atoms with van der Waals surface area (Å²) in [5.74, 6) is 0.603. The number of morpholine rings is 1. The van der Waals surface area contributed by atoms with Crippen molar-refractivity contribution < 1.29 is 19.1 Å². The number of methoxy groups -OCH3 is 1. The lowest BCUT2D eigenvalue weighted by atomic mass is 10.0. The van der Waals surface area contributed by atoms with Crippen molar-refractivity contribution in [2.75, 3.05) is 45.3 Å². The lowest BCUT2D eigenvalue weighted by molar-refractivity contribution is -0.115. The number of hydrogen-bond acceptors (Lipinski definition) is 6. The molecule has 1 fully saturated rings. The second-order valence-corrected chi connectivity index (χ2v) is 8.99. The lowest BCUT2D eigenvalue weighted by Gasteiger charge is -2.35. The van der Waals surface area contributed by atoms with E-state index >= 15 is 0 Å². The zero-order chi connectivity index (χ0) is 21.8. The Balaban J connectivity index is 1.48. The highest BCUT2D eigenvalue weighted by atomic mass is 32.2. The molecule has 2 N–H and O–H groups in total. The second-order valence-electron chi connectivity index (χ2n) is 7.61. The third-order valence-corrected chi connectivity index (χ3v) is 6.79.